The van der Waals surface area contributed by atoms with Gasteiger partial charge in [-0.2, -0.15) is 0 Å². The summed E-state index contributed by atoms with van der Waals surface area (Å²) in [6.07, 6.45) is 1.44. The van der Waals surface area contributed by atoms with Crippen LogP contribution in [0.2, 0.25) is 0 Å². The van der Waals surface area contributed by atoms with Gasteiger partial charge in [0.05, 0.1) is 11.3 Å². The molecule has 3 aromatic carbocycles. The third-order valence-corrected chi connectivity index (χ3v) is 6.78. The zero-order valence-electron chi connectivity index (χ0n) is 20.4. The lowest BCUT2D eigenvalue weighted by molar-refractivity contribution is -0.113. The van der Waals surface area contributed by atoms with Crippen LogP contribution < -0.4 is 5.32 Å². The molecule has 0 saturated carbocycles. The van der Waals surface area contributed by atoms with Gasteiger partial charge in [-0.1, -0.05) is 65.3 Å². The number of aryl methyl sites for hydroxylation is 2. The van der Waals surface area contributed by atoms with Crippen LogP contribution >= 0.6 is 11.8 Å². The molecular weight excluding hydrogens is 470 g/mol. The van der Waals surface area contributed by atoms with Crippen molar-refractivity contribution in [3.8, 4) is 11.3 Å². The van der Waals surface area contributed by atoms with Gasteiger partial charge in [0.2, 0.25) is 5.91 Å². The molecule has 0 fully saturated rings. The van der Waals surface area contributed by atoms with Gasteiger partial charge in [-0.05, 0) is 37.6 Å². The van der Waals surface area contributed by atoms with Crippen LogP contribution in [0.1, 0.15) is 28.1 Å². The van der Waals surface area contributed by atoms with Gasteiger partial charge in [0, 0.05) is 42.2 Å². The maximum absolute atomic E-state index is 13.1. The molecule has 6 nitrogen and oxygen atoms in total. The van der Waals surface area contributed by atoms with Gasteiger partial charge in [-0.3, -0.25) is 9.59 Å². The van der Waals surface area contributed by atoms with Crippen molar-refractivity contribution in [2.75, 3.05) is 24.7 Å². The summed E-state index contributed by atoms with van der Waals surface area (Å²) in [5, 5.41) is 7.05. The second-order valence-corrected chi connectivity index (χ2v) is 9.59. The molecule has 36 heavy (non-hydrogen) atoms. The summed E-state index contributed by atoms with van der Waals surface area (Å²) in [4.78, 5) is 28.1. The Kier molecular flexibility index (Phi) is 8.57. The highest BCUT2D eigenvalue weighted by Gasteiger charge is 2.17. The number of benzene rings is 3. The van der Waals surface area contributed by atoms with E-state index >= 15 is 0 Å². The first-order chi connectivity index (χ1) is 17.5. The molecule has 1 heterocycles. The Balaban J connectivity index is 1.28. The predicted molar refractivity (Wildman–Crippen MR) is 144 cm³/mol. The molecule has 0 aliphatic rings. The van der Waals surface area contributed by atoms with E-state index in [4.69, 9.17) is 4.52 Å². The van der Waals surface area contributed by atoms with Crippen molar-refractivity contribution in [1.29, 1.82) is 0 Å². The number of thioether (sulfide) groups is 1. The molecule has 184 valence electrons. The standard InChI is InChI=1S/C29H29N3O3S/c1-21-14-16-23(17-15-21)30-28(33)20-36-27-13-7-6-12-25(27)29(34)32(2)18-8-11-24-19-26(31-35-24)22-9-4-3-5-10-22/h3-7,9-10,12-17,19H,8,11,18,20H2,1-2H3,(H,30,33). The number of anilines is 1. The van der Waals surface area contributed by atoms with E-state index in [-0.39, 0.29) is 17.6 Å². The topological polar surface area (TPSA) is 75.4 Å². The minimum absolute atomic E-state index is 0.0698. The van der Waals surface area contributed by atoms with Crippen LogP contribution in [0.5, 0.6) is 0 Å². The van der Waals surface area contributed by atoms with Crippen molar-refractivity contribution >= 4 is 29.3 Å². The molecule has 0 spiro atoms. The zero-order valence-corrected chi connectivity index (χ0v) is 21.3. The van der Waals surface area contributed by atoms with Crippen molar-refractivity contribution < 1.29 is 14.1 Å². The molecule has 1 aromatic heterocycles. The van der Waals surface area contributed by atoms with Gasteiger partial charge in [-0.15, -0.1) is 11.8 Å². The van der Waals surface area contributed by atoms with Gasteiger partial charge in [0.15, 0.2) is 0 Å². The maximum Gasteiger partial charge on any atom is 0.254 e. The summed E-state index contributed by atoms with van der Waals surface area (Å²) in [6.45, 7) is 2.58. The monoisotopic (exact) mass is 499 g/mol. The van der Waals surface area contributed by atoms with E-state index in [9.17, 15) is 9.59 Å². The van der Waals surface area contributed by atoms with E-state index in [1.807, 2.05) is 91.9 Å². The lowest BCUT2D eigenvalue weighted by atomic mass is 10.1. The Morgan fingerprint density at radius 2 is 1.69 bits per heavy atom. The normalized spacial score (nSPS) is 10.7. The van der Waals surface area contributed by atoms with Crippen LogP contribution in [-0.4, -0.2) is 41.2 Å². The molecule has 0 radical (unpaired) electrons. The molecule has 1 N–H and O–H groups in total. The molecule has 4 aromatic rings. The highest BCUT2D eigenvalue weighted by atomic mass is 32.2. The molecule has 0 aliphatic carbocycles. The van der Waals surface area contributed by atoms with Crippen molar-refractivity contribution in [1.82, 2.24) is 10.1 Å². The average Bonchev–Trinajstić information content (AvgIpc) is 3.38. The molecule has 0 bridgehead atoms. The Labute approximate surface area is 215 Å². The fourth-order valence-electron chi connectivity index (χ4n) is 3.72. The number of amides is 2. The number of carbonyl (C=O) groups excluding carboxylic acids is 2. The Hall–Kier alpha value is -3.84. The third-order valence-electron chi connectivity index (χ3n) is 5.70. The summed E-state index contributed by atoms with van der Waals surface area (Å²) >= 11 is 1.36. The fraction of sp³-hybridized carbons (Fsp3) is 0.207. The van der Waals surface area contributed by atoms with Crippen molar-refractivity contribution in [2.24, 2.45) is 0 Å². The second-order valence-electron chi connectivity index (χ2n) is 8.57. The summed E-state index contributed by atoms with van der Waals surface area (Å²) in [5.41, 5.74) is 4.32. The Bertz CT molecular complexity index is 1300. The van der Waals surface area contributed by atoms with Crippen LogP contribution in [-0.2, 0) is 11.2 Å². The van der Waals surface area contributed by atoms with E-state index in [2.05, 4.69) is 10.5 Å². The molecule has 7 heteroatoms. The number of nitrogens with one attached hydrogen (secondary N) is 1. The van der Waals surface area contributed by atoms with Crippen LogP contribution in [0.3, 0.4) is 0 Å². The Morgan fingerprint density at radius 3 is 2.47 bits per heavy atom. The van der Waals surface area contributed by atoms with Crippen molar-refractivity contribution in [2.45, 2.75) is 24.7 Å². The highest BCUT2D eigenvalue weighted by Crippen LogP contribution is 2.24. The molecule has 2 amide bonds. The zero-order chi connectivity index (χ0) is 25.3. The van der Waals surface area contributed by atoms with E-state index in [1.165, 1.54) is 11.8 Å². The van der Waals surface area contributed by atoms with Crippen LogP contribution in [0.15, 0.2) is 94.3 Å². The van der Waals surface area contributed by atoms with E-state index in [0.29, 0.717) is 18.5 Å². The van der Waals surface area contributed by atoms with E-state index in [1.54, 1.807) is 11.9 Å². The number of aromatic nitrogens is 1. The third kappa shape index (κ3) is 6.86. The van der Waals surface area contributed by atoms with Crippen LogP contribution in [0.4, 0.5) is 5.69 Å². The van der Waals surface area contributed by atoms with Crippen LogP contribution in [0, 0.1) is 6.92 Å². The number of nitrogens with zero attached hydrogens (tertiary/aromatic N) is 2. The van der Waals surface area contributed by atoms with Crippen molar-refractivity contribution in [3.05, 3.63) is 102 Å². The number of hydrogen-bond donors (Lipinski definition) is 1. The Morgan fingerprint density at radius 1 is 0.972 bits per heavy atom. The van der Waals surface area contributed by atoms with Gasteiger partial charge in [0.1, 0.15) is 11.5 Å². The van der Waals surface area contributed by atoms with Crippen molar-refractivity contribution in [3.63, 3.8) is 0 Å². The molecule has 0 saturated heterocycles. The number of carbonyl (C=O) groups is 2. The predicted octanol–water partition coefficient (Wildman–Crippen LogP) is 6.09. The second kappa shape index (κ2) is 12.2. The molecule has 0 unspecified atom stereocenters. The van der Waals surface area contributed by atoms with Gasteiger partial charge >= 0.3 is 0 Å². The first-order valence-electron chi connectivity index (χ1n) is 11.8. The highest BCUT2D eigenvalue weighted by molar-refractivity contribution is 8.00. The SMILES string of the molecule is Cc1ccc(NC(=O)CSc2ccccc2C(=O)N(C)CCCc2cc(-c3ccccc3)no2)cc1. The van der Waals surface area contributed by atoms with E-state index in [0.717, 1.165) is 39.6 Å². The van der Waals surface area contributed by atoms with Gasteiger partial charge < -0.3 is 14.7 Å². The fourth-order valence-corrected chi connectivity index (χ4v) is 4.56. The average molecular weight is 500 g/mol. The summed E-state index contributed by atoms with van der Waals surface area (Å²) in [7, 11) is 1.80. The minimum atomic E-state index is -0.110. The van der Waals surface area contributed by atoms with E-state index < -0.39 is 0 Å². The summed E-state index contributed by atoms with van der Waals surface area (Å²) in [5.74, 6) is 0.836. The summed E-state index contributed by atoms with van der Waals surface area (Å²) < 4.78 is 5.47. The number of rotatable bonds is 10. The number of hydrogen-bond acceptors (Lipinski definition) is 5. The first-order valence-corrected chi connectivity index (χ1v) is 12.8. The largest absolute Gasteiger partial charge is 0.361 e. The first kappa shape index (κ1) is 25.3. The summed E-state index contributed by atoms with van der Waals surface area (Å²) in [6, 6.07) is 26.9. The molecule has 4 rings (SSSR count). The minimum Gasteiger partial charge on any atom is -0.361 e. The molecular formula is C29H29N3O3S. The van der Waals surface area contributed by atoms with Gasteiger partial charge in [-0.25, -0.2) is 0 Å². The van der Waals surface area contributed by atoms with Gasteiger partial charge in [0.25, 0.3) is 5.91 Å². The smallest absolute Gasteiger partial charge is 0.254 e. The quantitative estimate of drug-likeness (QED) is 0.267. The lowest BCUT2D eigenvalue weighted by Gasteiger charge is -2.18. The lowest BCUT2D eigenvalue weighted by Crippen LogP contribution is -2.28. The van der Waals surface area contributed by atoms with Crippen LogP contribution in [0.25, 0.3) is 11.3 Å². The maximum atomic E-state index is 13.1. The molecule has 0 atom stereocenters. The molecule has 0 aliphatic heterocycles.